The van der Waals surface area contributed by atoms with Crippen molar-refractivity contribution in [3.63, 3.8) is 0 Å². The molecule has 3 aromatic rings. The number of nitrogens with zero attached hydrogens (tertiary/aromatic N) is 1. The number of carbonyl (C=O) groups excluding carboxylic acids is 2. The van der Waals surface area contributed by atoms with Gasteiger partial charge in [-0.15, -0.1) is 0 Å². The molecular formula is C24H15BrINO4. The molecule has 0 spiro atoms. The normalized spacial score (nSPS) is 14.3. The van der Waals surface area contributed by atoms with E-state index in [1.165, 1.54) is 0 Å². The van der Waals surface area contributed by atoms with Crippen LogP contribution in [-0.4, -0.2) is 24.3 Å². The summed E-state index contributed by atoms with van der Waals surface area (Å²) in [6.45, 7) is -0.0456. The fraction of sp³-hybridized carbons (Fsp3) is 0.0417. The number of ketones is 1. The Bertz CT molecular complexity index is 1200. The summed E-state index contributed by atoms with van der Waals surface area (Å²) in [5.74, 6) is 0.240. The highest BCUT2D eigenvalue weighted by Gasteiger charge is 2.24. The van der Waals surface area contributed by atoms with Crippen molar-refractivity contribution in [3.8, 4) is 5.75 Å². The van der Waals surface area contributed by atoms with Crippen LogP contribution in [0.2, 0.25) is 0 Å². The van der Waals surface area contributed by atoms with Gasteiger partial charge in [-0.1, -0.05) is 42.5 Å². The quantitative estimate of drug-likeness (QED) is 0.162. The molecule has 0 saturated heterocycles. The molecule has 1 aliphatic heterocycles. The molecular weight excluding hydrogens is 573 g/mol. The van der Waals surface area contributed by atoms with Crippen LogP contribution in [0.5, 0.6) is 5.75 Å². The first-order valence-corrected chi connectivity index (χ1v) is 11.2. The average Bonchev–Trinajstić information content (AvgIpc) is 3.15. The Morgan fingerprint density at radius 3 is 2.52 bits per heavy atom. The molecule has 0 N–H and O–H groups in total. The predicted octanol–water partition coefficient (Wildman–Crippen LogP) is 5.66. The fourth-order valence-electron chi connectivity index (χ4n) is 2.84. The Kier molecular flexibility index (Phi) is 6.62. The molecule has 1 heterocycles. The van der Waals surface area contributed by atoms with Crippen molar-refractivity contribution < 1.29 is 19.1 Å². The van der Waals surface area contributed by atoms with Crippen LogP contribution < -0.4 is 4.74 Å². The van der Waals surface area contributed by atoms with E-state index in [1.54, 1.807) is 42.5 Å². The molecule has 0 atom stereocenters. The Balaban J connectivity index is 1.44. The number of rotatable bonds is 6. The number of cyclic esters (lactones) is 1. The van der Waals surface area contributed by atoms with Gasteiger partial charge in [0, 0.05) is 19.2 Å². The van der Waals surface area contributed by atoms with Crippen LogP contribution in [0.15, 0.2) is 88.0 Å². The van der Waals surface area contributed by atoms with Crippen LogP contribution in [0.1, 0.15) is 21.5 Å². The lowest BCUT2D eigenvalue weighted by Gasteiger charge is -2.06. The van der Waals surface area contributed by atoms with E-state index in [9.17, 15) is 9.59 Å². The van der Waals surface area contributed by atoms with Gasteiger partial charge in [0.25, 0.3) is 0 Å². The highest BCUT2D eigenvalue weighted by Crippen LogP contribution is 2.25. The zero-order valence-corrected chi connectivity index (χ0v) is 19.8. The van der Waals surface area contributed by atoms with Crippen molar-refractivity contribution in [2.45, 2.75) is 0 Å². The van der Waals surface area contributed by atoms with Crippen molar-refractivity contribution in [2.75, 3.05) is 6.61 Å². The van der Waals surface area contributed by atoms with E-state index < -0.39 is 5.97 Å². The Hall–Kier alpha value is -2.78. The van der Waals surface area contributed by atoms with Gasteiger partial charge in [-0.3, -0.25) is 4.79 Å². The molecule has 0 amide bonds. The van der Waals surface area contributed by atoms with Crippen molar-refractivity contribution in [2.24, 2.45) is 4.99 Å². The number of hydrogen-bond donors (Lipinski definition) is 0. The number of ether oxygens (including phenoxy) is 2. The van der Waals surface area contributed by atoms with Crippen molar-refractivity contribution in [3.05, 3.63) is 103 Å². The average molecular weight is 588 g/mol. The van der Waals surface area contributed by atoms with Gasteiger partial charge in [-0.25, -0.2) is 9.79 Å². The zero-order chi connectivity index (χ0) is 21.8. The lowest BCUT2D eigenvalue weighted by atomic mass is 10.1. The molecule has 154 valence electrons. The predicted molar refractivity (Wildman–Crippen MR) is 130 cm³/mol. The lowest BCUT2D eigenvalue weighted by molar-refractivity contribution is -0.129. The molecule has 31 heavy (non-hydrogen) atoms. The van der Waals surface area contributed by atoms with Gasteiger partial charge in [-0.05, 0) is 80.5 Å². The first kappa shape index (κ1) is 21.5. The van der Waals surface area contributed by atoms with Crippen LogP contribution >= 0.6 is 38.5 Å². The lowest BCUT2D eigenvalue weighted by Crippen LogP contribution is -2.11. The molecule has 0 unspecified atom stereocenters. The second-order valence-corrected chi connectivity index (χ2v) is 8.63. The van der Waals surface area contributed by atoms with Crippen LogP contribution in [0, 0.1) is 3.57 Å². The summed E-state index contributed by atoms with van der Waals surface area (Å²) in [4.78, 5) is 28.7. The van der Waals surface area contributed by atoms with Crippen LogP contribution in [0.3, 0.4) is 0 Å². The van der Waals surface area contributed by atoms with Gasteiger partial charge in [0.2, 0.25) is 5.90 Å². The van der Waals surface area contributed by atoms with Gasteiger partial charge in [0.1, 0.15) is 5.75 Å². The van der Waals surface area contributed by atoms with E-state index in [2.05, 4.69) is 43.5 Å². The summed E-state index contributed by atoms with van der Waals surface area (Å²) in [5.41, 5.74) is 2.31. The molecule has 0 fully saturated rings. The third-order valence-electron chi connectivity index (χ3n) is 4.44. The summed E-state index contributed by atoms with van der Waals surface area (Å²) in [6.07, 6.45) is 1.65. The molecule has 7 heteroatoms. The van der Waals surface area contributed by atoms with E-state index in [1.807, 2.05) is 36.4 Å². The molecule has 0 aliphatic carbocycles. The number of benzene rings is 3. The maximum Gasteiger partial charge on any atom is 0.363 e. The van der Waals surface area contributed by atoms with E-state index >= 15 is 0 Å². The third kappa shape index (κ3) is 5.29. The summed E-state index contributed by atoms with van der Waals surface area (Å²) in [5, 5.41) is 0. The molecule has 0 saturated carbocycles. The standard InChI is InChI=1S/C24H15BrINO4/c25-19-13-17(8-11-20(19)26)23-27-21(24(29)31-23)12-15-6-9-18(10-7-15)30-14-22(28)16-4-2-1-3-5-16/h1-13H,14H2/b21-12-. The maximum atomic E-state index is 12.2. The summed E-state index contributed by atoms with van der Waals surface area (Å²) >= 11 is 5.68. The first-order valence-electron chi connectivity index (χ1n) is 9.29. The molecule has 3 aromatic carbocycles. The van der Waals surface area contributed by atoms with Gasteiger partial charge in [-0.2, -0.15) is 0 Å². The van der Waals surface area contributed by atoms with Crippen LogP contribution in [-0.2, 0) is 9.53 Å². The highest BCUT2D eigenvalue weighted by atomic mass is 127. The second-order valence-electron chi connectivity index (χ2n) is 6.61. The number of esters is 1. The Morgan fingerprint density at radius 1 is 1.06 bits per heavy atom. The van der Waals surface area contributed by atoms with Crippen molar-refractivity contribution in [1.29, 1.82) is 0 Å². The SMILES string of the molecule is O=C1OC(c2ccc(I)c(Br)c2)=N/C1=C\c1ccc(OCC(=O)c2ccccc2)cc1. The monoisotopic (exact) mass is 587 g/mol. The highest BCUT2D eigenvalue weighted by molar-refractivity contribution is 14.1. The number of Topliss-reactive ketones (excluding diaryl/α,β-unsaturated/α-hetero) is 1. The molecule has 5 nitrogen and oxygen atoms in total. The minimum Gasteiger partial charge on any atom is -0.485 e. The Morgan fingerprint density at radius 2 is 1.81 bits per heavy atom. The second kappa shape index (κ2) is 9.57. The summed E-state index contributed by atoms with van der Waals surface area (Å²) in [6, 6.07) is 21.7. The van der Waals surface area contributed by atoms with Crippen LogP contribution in [0.25, 0.3) is 6.08 Å². The number of hydrogen-bond acceptors (Lipinski definition) is 5. The number of halogens is 2. The van der Waals surface area contributed by atoms with Gasteiger partial charge < -0.3 is 9.47 Å². The summed E-state index contributed by atoms with van der Waals surface area (Å²) < 4.78 is 12.8. The molecule has 0 radical (unpaired) electrons. The van der Waals surface area contributed by atoms with Crippen molar-refractivity contribution >= 4 is 62.2 Å². The minimum absolute atomic E-state index is 0.0456. The van der Waals surface area contributed by atoms with E-state index in [0.29, 0.717) is 11.3 Å². The first-order chi connectivity index (χ1) is 15.0. The van der Waals surface area contributed by atoms with Gasteiger partial charge >= 0.3 is 5.97 Å². The number of aliphatic imine (C=N–C) groups is 1. The topological polar surface area (TPSA) is 65.0 Å². The fourth-order valence-corrected chi connectivity index (χ4v) is 3.55. The smallest absolute Gasteiger partial charge is 0.363 e. The number of carbonyl (C=O) groups is 2. The van der Waals surface area contributed by atoms with Crippen molar-refractivity contribution in [1.82, 2.24) is 0 Å². The third-order valence-corrected chi connectivity index (χ3v) is 6.77. The van der Waals surface area contributed by atoms with Gasteiger partial charge in [0.05, 0.1) is 0 Å². The molecule has 1 aliphatic rings. The zero-order valence-electron chi connectivity index (χ0n) is 16.0. The molecule has 4 rings (SSSR count). The van der Waals surface area contributed by atoms with Crippen LogP contribution in [0.4, 0.5) is 0 Å². The Labute approximate surface area is 201 Å². The minimum atomic E-state index is -0.501. The van der Waals surface area contributed by atoms with E-state index in [0.717, 1.165) is 19.2 Å². The van der Waals surface area contributed by atoms with E-state index in [4.69, 9.17) is 9.47 Å². The molecule has 0 aromatic heterocycles. The van der Waals surface area contributed by atoms with Gasteiger partial charge in [0.15, 0.2) is 18.1 Å². The maximum absolute atomic E-state index is 12.2. The summed E-state index contributed by atoms with van der Waals surface area (Å²) in [7, 11) is 0. The molecule has 0 bridgehead atoms. The van der Waals surface area contributed by atoms with E-state index in [-0.39, 0.29) is 24.0 Å². The largest absolute Gasteiger partial charge is 0.485 e.